The summed E-state index contributed by atoms with van der Waals surface area (Å²) in [7, 11) is 3.14. The van der Waals surface area contributed by atoms with Crippen LogP contribution in [0.15, 0.2) is 41.4 Å². The number of piperidine rings is 1. The van der Waals surface area contributed by atoms with Crippen LogP contribution in [0.5, 0.6) is 11.5 Å². The van der Waals surface area contributed by atoms with Crippen molar-refractivity contribution in [2.45, 2.75) is 25.5 Å². The summed E-state index contributed by atoms with van der Waals surface area (Å²) in [6.07, 6.45) is 1.02. The van der Waals surface area contributed by atoms with Gasteiger partial charge in [-0.05, 0) is 42.7 Å². The number of aliphatic hydroxyl groups excluding tert-OH is 1. The van der Waals surface area contributed by atoms with Crippen LogP contribution in [-0.4, -0.2) is 44.5 Å². The van der Waals surface area contributed by atoms with Crippen LogP contribution in [0.3, 0.4) is 0 Å². The smallest absolute Gasteiger partial charge is 0.193 e. The van der Waals surface area contributed by atoms with Crippen molar-refractivity contribution in [3.8, 4) is 11.5 Å². The van der Waals surface area contributed by atoms with Crippen LogP contribution >= 0.6 is 0 Å². The highest BCUT2D eigenvalue weighted by Crippen LogP contribution is 2.29. The van der Waals surface area contributed by atoms with Crippen molar-refractivity contribution >= 4 is 17.3 Å². The van der Waals surface area contributed by atoms with E-state index in [-0.39, 0.29) is 24.4 Å². The molecule has 156 valence electrons. The minimum atomic E-state index is -0.296. The Morgan fingerprint density at radius 1 is 1.21 bits per heavy atom. The van der Waals surface area contributed by atoms with Gasteiger partial charge in [0, 0.05) is 19.2 Å². The van der Waals surface area contributed by atoms with E-state index in [4.69, 9.17) is 15.2 Å². The normalized spacial score (nSPS) is 15.3. The lowest BCUT2D eigenvalue weighted by molar-refractivity contribution is 0.145. The molecule has 0 unspecified atom stereocenters. The van der Waals surface area contributed by atoms with Gasteiger partial charge in [0.25, 0.3) is 0 Å². The van der Waals surface area contributed by atoms with E-state index in [9.17, 15) is 9.50 Å². The molecule has 0 amide bonds. The van der Waals surface area contributed by atoms with Crippen molar-refractivity contribution in [3.63, 3.8) is 0 Å². The van der Waals surface area contributed by atoms with Crippen molar-refractivity contribution in [3.05, 3.63) is 47.8 Å². The van der Waals surface area contributed by atoms with Crippen LogP contribution in [-0.2, 0) is 6.54 Å². The van der Waals surface area contributed by atoms with Gasteiger partial charge in [-0.3, -0.25) is 0 Å². The topological polar surface area (TPSA) is 92.3 Å². The van der Waals surface area contributed by atoms with E-state index in [0.717, 1.165) is 0 Å². The molecule has 1 heterocycles. The minimum absolute atomic E-state index is 0.186. The van der Waals surface area contributed by atoms with E-state index in [1.807, 2.05) is 11.0 Å². The zero-order valence-electron chi connectivity index (χ0n) is 16.7. The molecule has 4 N–H and O–H groups in total. The van der Waals surface area contributed by atoms with Crippen molar-refractivity contribution in [1.29, 1.82) is 0 Å². The Morgan fingerprint density at radius 3 is 2.62 bits per heavy atom. The number of guanidine groups is 1. The number of methoxy groups -OCH3 is 2. The third-order valence-electron chi connectivity index (χ3n) is 4.92. The van der Waals surface area contributed by atoms with Gasteiger partial charge in [-0.1, -0.05) is 6.07 Å². The highest BCUT2D eigenvalue weighted by molar-refractivity contribution is 5.94. The number of nitrogens with one attached hydrogen (secondary N) is 1. The van der Waals surface area contributed by atoms with Gasteiger partial charge < -0.3 is 30.5 Å². The molecule has 3 rings (SSSR count). The average molecular weight is 402 g/mol. The molecular weight excluding hydrogens is 375 g/mol. The second-order valence-corrected chi connectivity index (χ2v) is 6.90. The number of anilines is 2. The van der Waals surface area contributed by atoms with E-state index < -0.39 is 0 Å². The Hall–Kier alpha value is -3.00. The number of benzene rings is 2. The Bertz CT molecular complexity index is 867. The molecule has 1 aliphatic rings. The number of halogens is 1. The number of rotatable bonds is 6. The van der Waals surface area contributed by atoms with Crippen LogP contribution in [0.4, 0.5) is 15.8 Å². The average Bonchev–Trinajstić information content (AvgIpc) is 2.73. The summed E-state index contributed by atoms with van der Waals surface area (Å²) >= 11 is 0. The summed E-state index contributed by atoms with van der Waals surface area (Å²) < 4.78 is 25.1. The van der Waals surface area contributed by atoms with Crippen molar-refractivity contribution < 1.29 is 19.0 Å². The molecule has 0 aliphatic carbocycles. The highest BCUT2D eigenvalue weighted by Gasteiger charge is 2.19. The first-order valence-corrected chi connectivity index (χ1v) is 9.50. The summed E-state index contributed by atoms with van der Waals surface area (Å²) in [6.45, 7) is 1.53. The molecule has 8 heteroatoms. The fourth-order valence-electron chi connectivity index (χ4n) is 3.28. The molecule has 0 radical (unpaired) electrons. The molecule has 29 heavy (non-hydrogen) atoms. The zero-order chi connectivity index (χ0) is 20.8. The van der Waals surface area contributed by atoms with Gasteiger partial charge in [0.05, 0.1) is 38.2 Å². The van der Waals surface area contributed by atoms with Gasteiger partial charge in [-0.2, -0.15) is 0 Å². The van der Waals surface area contributed by atoms with Crippen LogP contribution in [0, 0.1) is 5.82 Å². The Kier molecular flexibility index (Phi) is 6.77. The summed E-state index contributed by atoms with van der Waals surface area (Å²) in [6, 6.07) is 10.4. The molecule has 1 saturated heterocycles. The first-order valence-electron chi connectivity index (χ1n) is 9.50. The van der Waals surface area contributed by atoms with E-state index >= 15 is 0 Å². The standard InChI is InChI=1S/C21H27FN4O3/c1-28-16-4-6-20(29-2)18(12-16)25-21(23)24-13-14-3-5-19(17(22)11-14)26-9-7-15(27)8-10-26/h3-6,11-12,15,27H,7-10,13H2,1-2H3,(H3,23,24,25). The van der Waals surface area contributed by atoms with Gasteiger partial charge in [0.2, 0.25) is 0 Å². The fraction of sp³-hybridized carbons (Fsp3) is 0.381. The summed E-state index contributed by atoms with van der Waals surface area (Å²) in [5.74, 6) is 1.15. The lowest BCUT2D eigenvalue weighted by Crippen LogP contribution is -2.36. The fourth-order valence-corrected chi connectivity index (χ4v) is 3.28. The number of ether oxygens (including phenoxy) is 2. The highest BCUT2D eigenvalue weighted by atomic mass is 19.1. The molecule has 0 aromatic heterocycles. The molecular formula is C21H27FN4O3. The minimum Gasteiger partial charge on any atom is -0.497 e. The van der Waals surface area contributed by atoms with Crippen molar-refractivity contribution in [2.24, 2.45) is 10.7 Å². The van der Waals surface area contributed by atoms with E-state index in [1.54, 1.807) is 38.5 Å². The zero-order valence-corrected chi connectivity index (χ0v) is 16.7. The number of nitrogens with two attached hydrogens (primary N) is 1. The predicted octanol–water partition coefficient (Wildman–Crippen LogP) is 2.73. The largest absolute Gasteiger partial charge is 0.497 e. The summed E-state index contributed by atoms with van der Waals surface area (Å²) in [5, 5.41) is 12.6. The van der Waals surface area contributed by atoms with E-state index in [2.05, 4.69) is 10.3 Å². The van der Waals surface area contributed by atoms with Crippen LogP contribution in [0.1, 0.15) is 18.4 Å². The Morgan fingerprint density at radius 2 is 1.97 bits per heavy atom. The maximum absolute atomic E-state index is 14.6. The van der Waals surface area contributed by atoms with Gasteiger partial charge in [0.15, 0.2) is 5.96 Å². The maximum Gasteiger partial charge on any atom is 0.193 e. The number of hydrogen-bond acceptors (Lipinski definition) is 5. The maximum atomic E-state index is 14.6. The molecule has 7 nitrogen and oxygen atoms in total. The lowest BCUT2D eigenvalue weighted by Gasteiger charge is -2.31. The van der Waals surface area contributed by atoms with Crippen LogP contribution in [0.25, 0.3) is 0 Å². The summed E-state index contributed by atoms with van der Waals surface area (Å²) in [4.78, 5) is 6.25. The number of nitrogens with zero attached hydrogens (tertiary/aromatic N) is 2. The molecule has 0 atom stereocenters. The van der Waals surface area contributed by atoms with E-state index in [0.29, 0.717) is 54.4 Å². The van der Waals surface area contributed by atoms with Gasteiger partial charge in [-0.25, -0.2) is 9.38 Å². The Balaban J connectivity index is 1.66. The molecule has 1 aliphatic heterocycles. The van der Waals surface area contributed by atoms with Gasteiger partial charge >= 0.3 is 0 Å². The third-order valence-corrected chi connectivity index (χ3v) is 4.92. The molecule has 0 saturated carbocycles. The van der Waals surface area contributed by atoms with Crippen LogP contribution < -0.4 is 25.4 Å². The third kappa shape index (κ3) is 5.29. The van der Waals surface area contributed by atoms with Gasteiger partial charge in [-0.15, -0.1) is 0 Å². The number of aliphatic hydroxyl groups is 1. The SMILES string of the molecule is COc1ccc(OC)c(NC(N)=NCc2ccc(N3CCC(O)CC3)c(F)c2)c1. The quantitative estimate of drug-likeness (QED) is 0.508. The lowest BCUT2D eigenvalue weighted by atomic mass is 10.1. The molecule has 1 fully saturated rings. The monoisotopic (exact) mass is 402 g/mol. The number of hydrogen-bond donors (Lipinski definition) is 3. The first kappa shape index (κ1) is 20.7. The van der Waals surface area contributed by atoms with Gasteiger partial charge in [0.1, 0.15) is 17.3 Å². The molecule has 0 bridgehead atoms. The molecule has 2 aromatic rings. The summed E-state index contributed by atoms with van der Waals surface area (Å²) in [5.41, 5.74) is 7.88. The molecule has 0 spiro atoms. The van der Waals surface area contributed by atoms with Crippen LogP contribution in [0.2, 0.25) is 0 Å². The second kappa shape index (κ2) is 9.47. The van der Waals surface area contributed by atoms with Crippen molar-refractivity contribution in [1.82, 2.24) is 0 Å². The molecule has 2 aromatic carbocycles. The van der Waals surface area contributed by atoms with Crippen molar-refractivity contribution in [2.75, 3.05) is 37.5 Å². The second-order valence-electron chi connectivity index (χ2n) is 6.90. The van der Waals surface area contributed by atoms with E-state index in [1.165, 1.54) is 6.07 Å². The first-order chi connectivity index (χ1) is 14.0. The predicted molar refractivity (Wildman–Crippen MR) is 112 cm³/mol. The number of aliphatic imine (C=N–C) groups is 1. The Labute approximate surface area is 169 Å².